The Bertz CT molecular complexity index is 432. The topological polar surface area (TPSA) is 55.8 Å². The van der Waals surface area contributed by atoms with Gasteiger partial charge in [0, 0.05) is 0 Å². The van der Waals surface area contributed by atoms with Crippen molar-refractivity contribution in [1.29, 1.82) is 0 Å². The van der Waals surface area contributed by atoms with Gasteiger partial charge in [-0.1, -0.05) is 12.1 Å². The van der Waals surface area contributed by atoms with Crippen molar-refractivity contribution in [2.75, 3.05) is 13.2 Å². The summed E-state index contributed by atoms with van der Waals surface area (Å²) < 4.78 is 4.92. The Balaban J connectivity index is 1.88. The average Bonchev–Trinajstić information content (AvgIpc) is 2.48. The minimum absolute atomic E-state index is 0.192. The fraction of sp³-hybridized carbons (Fsp3) is 0.273. The quantitative estimate of drug-likeness (QED) is 0.684. The summed E-state index contributed by atoms with van der Waals surface area (Å²) in [6.45, 7) is 0.848. The van der Waals surface area contributed by atoms with Crippen LogP contribution in [0.3, 0.4) is 0 Å². The Morgan fingerprint density at radius 3 is 2.12 bits per heavy atom. The molecule has 0 N–H and O–H groups in total. The van der Waals surface area contributed by atoms with Gasteiger partial charge < -0.3 is 4.74 Å². The summed E-state index contributed by atoms with van der Waals surface area (Å²) in [4.78, 5) is 28.9. The standard InChI is InChI=1S/C11H9NO4/c13-10-8-3-1-2-4-9(8)11(14)12(10)16-7-5-15-6-7/h1-4,7H,5-6H2. The third kappa shape index (κ3) is 1.26. The van der Waals surface area contributed by atoms with Crippen molar-refractivity contribution in [2.24, 2.45) is 0 Å². The molecule has 1 aromatic rings. The van der Waals surface area contributed by atoms with Crippen molar-refractivity contribution in [3.63, 3.8) is 0 Å². The van der Waals surface area contributed by atoms with Crippen molar-refractivity contribution in [3.05, 3.63) is 35.4 Å². The van der Waals surface area contributed by atoms with Crippen LogP contribution in [0.4, 0.5) is 0 Å². The molecule has 0 unspecified atom stereocenters. The van der Waals surface area contributed by atoms with Crippen LogP contribution in [-0.2, 0) is 9.57 Å². The number of rotatable bonds is 2. The third-order valence-corrected chi connectivity index (χ3v) is 2.62. The first kappa shape index (κ1) is 9.50. The zero-order chi connectivity index (χ0) is 11.1. The molecule has 5 nitrogen and oxygen atoms in total. The second-order valence-electron chi connectivity index (χ2n) is 3.72. The van der Waals surface area contributed by atoms with Crippen LogP contribution < -0.4 is 0 Å². The molecule has 0 radical (unpaired) electrons. The molecule has 1 aromatic carbocycles. The van der Waals surface area contributed by atoms with Gasteiger partial charge in [-0.25, -0.2) is 0 Å². The van der Waals surface area contributed by atoms with E-state index in [2.05, 4.69) is 0 Å². The highest BCUT2D eigenvalue weighted by molar-refractivity contribution is 6.20. The molecule has 0 aliphatic carbocycles. The molecule has 2 aliphatic rings. The maximum Gasteiger partial charge on any atom is 0.285 e. The van der Waals surface area contributed by atoms with Crippen molar-refractivity contribution >= 4 is 11.8 Å². The van der Waals surface area contributed by atoms with Gasteiger partial charge in [-0.15, -0.1) is 5.06 Å². The molecule has 2 aliphatic heterocycles. The number of amides is 2. The van der Waals surface area contributed by atoms with Crippen molar-refractivity contribution < 1.29 is 19.2 Å². The molecule has 3 rings (SSSR count). The lowest BCUT2D eigenvalue weighted by Gasteiger charge is -2.28. The summed E-state index contributed by atoms with van der Waals surface area (Å²) in [7, 11) is 0. The smallest absolute Gasteiger partial charge is 0.285 e. The van der Waals surface area contributed by atoms with Crippen LogP contribution in [0.1, 0.15) is 20.7 Å². The number of benzene rings is 1. The summed E-state index contributed by atoms with van der Waals surface area (Å²) in [5, 5.41) is 0.831. The minimum atomic E-state index is -0.396. The van der Waals surface area contributed by atoms with Gasteiger partial charge in [-0.2, -0.15) is 0 Å². The summed E-state index contributed by atoms with van der Waals surface area (Å²) in [6, 6.07) is 6.69. The SMILES string of the molecule is O=C1c2ccccc2C(=O)N1OC1COC1. The number of hydrogen-bond donors (Lipinski definition) is 0. The largest absolute Gasteiger partial charge is 0.376 e. The van der Waals surface area contributed by atoms with Gasteiger partial charge in [-0.3, -0.25) is 14.4 Å². The van der Waals surface area contributed by atoms with E-state index in [0.717, 1.165) is 5.06 Å². The van der Waals surface area contributed by atoms with Gasteiger partial charge in [0.1, 0.15) is 6.10 Å². The number of carbonyl (C=O) groups is 2. The van der Waals surface area contributed by atoms with E-state index < -0.39 is 11.8 Å². The number of hydroxylamine groups is 2. The minimum Gasteiger partial charge on any atom is -0.376 e. The molecule has 5 heteroatoms. The second-order valence-corrected chi connectivity index (χ2v) is 3.72. The normalized spacial score (nSPS) is 19.9. The summed E-state index contributed by atoms with van der Waals surface area (Å²) in [5.41, 5.74) is 0.792. The first-order chi connectivity index (χ1) is 7.77. The second kappa shape index (κ2) is 3.40. The van der Waals surface area contributed by atoms with E-state index in [9.17, 15) is 9.59 Å². The lowest BCUT2D eigenvalue weighted by atomic mass is 10.1. The van der Waals surface area contributed by atoms with Crippen LogP contribution in [0.25, 0.3) is 0 Å². The molecule has 82 valence electrons. The summed E-state index contributed by atoms with van der Waals surface area (Å²) in [5.74, 6) is -0.792. The fourth-order valence-corrected chi connectivity index (χ4v) is 1.69. The Morgan fingerprint density at radius 1 is 1.12 bits per heavy atom. The molecule has 16 heavy (non-hydrogen) atoms. The van der Waals surface area contributed by atoms with Crippen LogP contribution in [0.5, 0.6) is 0 Å². The van der Waals surface area contributed by atoms with Gasteiger partial charge in [-0.05, 0) is 12.1 Å². The van der Waals surface area contributed by atoms with E-state index in [4.69, 9.17) is 9.57 Å². The van der Waals surface area contributed by atoms with Crippen molar-refractivity contribution in [3.8, 4) is 0 Å². The maximum absolute atomic E-state index is 11.8. The van der Waals surface area contributed by atoms with E-state index >= 15 is 0 Å². The van der Waals surface area contributed by atoms with Crippen LogP contribution in [0, 0.1) is 0 Å². The van der Waals surface area contributed by atoms with Crippen molar-refractivity contribution in [1.82, 2.24) is 5.06 Å². The molecule has 0 aromatic heterocycles. The number of nitrogens with zero attached hydrogens (tertiary/aromatic N) is 1. The summed E-state index contributed by atoms with van der Waals surface area (Å²) in [6.07, 6.45) is -0.192. The molecule has 2 amide bonds. The lowest BCUT2D eigenvalue weighted by Crippen LogP contribution is -2.44. The summed E-state index contributed by atoms with van der Waals surface area (Å²) >= 11 is 0. The Kier molecular flexibility index (Phi) is 2.02. The zero-order valence-corrected chi connectivity index (χ0v) is 8.38. The fourth-order valence-electron chi connectivity index (χ4n) is 1.69. The van der Waals surface area contributed by atoms with E-state index in [1.165, 1.54) is 0 Å². The molecule has 0 bridgehead atoms. The number of imide groups is 1. The van der Waals surface area contributed by atoms with E-state index in [1.807, 2.05) is 0 Å². The molecule has 1 fully saturated rings. The van der Waals surface area contributed by atoms with Crippen LogP contribution in [0.2, 0.25) is 0 Å². The highest BCUT2D eigenvalue weighted by Crippen LogP contribution is 2.24. The highest BCUT2D eigenvalue weighted by atomic mass is 16.7. The Labute approximate surface area is 91.5 Å². The lowest BCUT2D eigenvalue weighted by molar-refractivity contribution is -0.213. The Morgan fingerprint density at radius 2 is 1.69 bits per heavy atom. The van der Waals surface area contributed by atoms with Gasteiger partial charge in [0.25, 0.3) is 11.8 Å². The molecular weight excluding hydrogens is 210 g/mol. The van der Waals surface area contributed by atoms with Crippen LogP contribution in [0.15, 0.2) is 24.3 Å². The molecule has 0 atom stereocenters. The first-order valence-corrected chi connectivity index (χ1v) is 4.99. The van der Waals surface area contributed by atoms with Gasteiger partial charge >= 0.3 is 0 Å². The predicted octanol–water partition coefficient (Wildman–Crippen LogP) is 0.613. The molecule has 0 spiro atoms. The van der Waals surface area contributed by atoms with Crippen molar-refractivity contribution in [2.45, 2.75) is 6.10 Å². The maximum atomic E-state index is 11.8. The number of fused-ring (bicyclic) bond motifs is 1. The predicted molar refractivity (Wildman–Crippen MR) is 52.6 cm³/mol. The Hall–Kier alpha value is -1.72. The third-order valence-electron chi connectivity index (χ3n) is 2.62. The number of hydrogen-bond acceptors (Lipinski definition) is 4. The molecular formula is C11H9NO4. The first-order valence-electron chi connectivity index (χ1n) is 4.99. The number of ether oxygens (including phenoxy) is 1. The molecule has 2 heterocycles. The monoisotopic (exact) mass is 219 g/mol. The van der Waals surface area contributed by atoms with Crippen LogP contribution in [-0.4, -0.2) is 36.2 Å². The van der Waals surface area contributed by atoms with Gasteiger partial charge in [0.2, 0.25) is 0 Å². The van der Waals surface area contributed by atoms with Crippen LogP contribution >= 0.6 is 0 Å². The van der Waals surface area contributed by atoms with Gasteiger partial charge in [0.05, 0.1) is 24.3 Å². The van der Waals surface area contributed by atoms with E-state index in [-0.39, 0.29) is 6.10 Å². The number of carbonyl (C=O) groups excluding carboxylic acids is 2. The van der Waals surface area contributed by atoms with Gasteiger partial charge in [0.15, 0.2) is 0 Å². The average molecular weight is 219 g/mol. The molecule has 1 saturated heterocycles. The van der Waals surface area contributed by atoms with E-state index in [0.29, 0.717) is 24.3 Å². The molecule has 0 saturated carbocycles. The zero-order valence-electron chi connectivity index (χ0n) is 8.38. The van der Waals surface area contributed by atoms with E-state index in [1.54, 1.807) is 24.3 Å². The highest BCUT2D eigenvalue weighted by Gasteiger charge is 2.39.